The Balaban J connectivity index is 1.66. The van der Waals surface area contributed by atoms with Crippen molar-refractivity contribution in [3.05, 3.63) is 41.7 Å². The maximum absolute atomic E-state index is 12.5. The first-order chi connectivity index (χ1) is 16.2. The number of aliphatic carboxylic acids is 1. The molecule has 1 aromatic carbocycles. The van der Waals surface area contributed by atoms with E-state index in [0.717, 1.165) is 5.69 Å². The van der Waals surface area contributed by atoms with Gasteiger partial charge >= 0.3 is 5.97 Å². The first-order valence-corrected chi connectivity index (χ1v) is 10.1. The number of nitrogen functional groups attached to an aromatic ring is 2. The van der Waals surface area contributed by atoms with Crippen LogP contribution in [0, 0.1) is 0 Å². The van der Waals surface area contributed by atoms with Crippen LogP contribution in [0.2, 0.25) is 0 Å². The molecule has 3 aromatic rings. The molecule has 0 spiro atoms. The number of hydrogen-bond acceptors (Lipinski definition) is 11. The topological polar surface area (TPSA) is 228 Å². The number of nitrogens with two attached hydrogens (primary N) is 3. The molecule has 0 aliphatic carbocycles. The van der Waals surface area contributed by atoms with Crippen molar-refractivity contribution in [1.82, 2.24) is 30.7 Å². The molecule has 1 unspecified atom stereocenters. The maximum atomic E-state index is 12.5. The lowest BCUT2D eigenvalue weighted by atomic mass is 10.1. The van der Waals surface area contributed by atoms with Crippen LogP contribution in [0.3, 0.4) is 0 Å². The van der Waals surface area contributed by atoms with Crippen molar-refractivity contribution in [2.75, 3.05) is 23.4 Å². The summed E-state index contributed by atoms with van der Waals surface area (Å²) in [5, 5.41) is 11.7. The molecule has 3 rings (SSSR count). The fraction of sp³-hybridized carbons (Fsp3) is 0.250. The Morgan fingerprint density at radius 1 is 1.12 bits per heavy atom. The molecular formula is C20H24N10O4. The van der Waals surface area contributed by atoms with E-state index in [1.54, 1.807) is 30.5 Å². The summed E-state index contributed by atoms with van der Waals surface area (Å²) >= 11 is 0. The molecule has 9 N–H and O–H groups in total. The summed E-state index contributed by atoms with van der Waals surface area (Å²) in [6.07, 6.45) is 1.32. The fourth-order valence-corrected chi connectivity index (χ4v) is 3.11. The summed E-state index contributed by atoms with van der Waals surface area (Å²) in [4.78, 5) is 53.5. The minimum atomic E-state index is -1.25. The quantitative estimate of drug-likeness (QED) is 0.128. The van der Waals surface area contributed by atoms with Gasteiger partial charge in [-0.15, -0.1) is 0 Å². The van der Waals surface area contributed by atoms with Crippen LogP contribution in [0.15, 0.2) is 30.5 Å². The number of anilines is 3. The summed E-state index contributed by atoms with van der Waals surface area (Å²) in [5.74, 6) is 2.79. The highest BCUT2D eigenvalue weighted by Gasteiger charge is 2.21. The largest absolute Gasteiger partial charge is 0.480 e. The molecule has 14 heteroatoms. The maximum Gasteiger partial charge on any atom is 0.326 e. The van der Waals surface area contributed by atoms with Gasteiger partial charge in [-0.05, 0) is 30.7 Å². The number of benzene rings is 1. The van der Waals surface area contributed by atoms with Crippen LogP contribution in [0.5, 0.6) is 0 Å². The second kappa shape index (κ2) is 10.4. The Hall–Kier alpha value is -4.59. The number of carboxylic acid groups (broad SMARTS) is 1. The van der Waals surface area contributed by atoms with E-state index in [9.17, 15) is 19.5 Å². The van der Waals surface area contributed by atoms with Crippen molar-refractivity contribution >= 4 is 46.4 Å². The van der Waals surface area contributed by atoms with E-state index in [2.05, 4.69) is 25.3 Å². The Labute approximate surface area is 193 Å². The Morgan fingerprint density at radius 3 is 2.47 bits per heavy atom. The lowest BCUT2D eigenvalue weighted by Crippen LogP contribution is -2.42. The van der Waals surface area contributed by atoms with E-state index in [1.165, 1.54) is 0 Å². The van der Waals surface area contributed by atoms with Gasteiger partial charge in [0, 0.05) is 24.7 Å². The minimum Gasteiger partial charge on any atom is -0.480 e. The number of carboxylic acids is 1. The zero-order valence-electron chi connectivity index (χ0n) is 18.2. The third kappa shape index (κ3) is 5.80. The van der Waals surface area contributed by atoms with E-state index >= 15 is 0 Å². The molecule has 178 valence electrons. The van der Waals surface area contributed by atoms with E-state index in [-0.39, 0.29) is 30.2 Å². The van der Waals surface area contributed by atoms with Gasteiger partial charge in [-0.1, -0.05) is 0 Å². The molecule has 0 saturated heterocycles. The van der Waals surface area contributed by atoms with Gasteiger partial charge in [0.15, 0.2) is 17.0 Å². The van der Waals surface area contributed by atoms with Crippen molar-refractivity contribution in [2.45, 2.75) is 25.4 Å². The number of hydrazine groups is 1. The number of carbonyl (C=O) groups excluding carboxylic acids is 2. The van der Waals surface area contributed by atoms with Gasteiger partial charge in [0.1, 0.15) is 6.04 Å². The molecule has 0 fully saturated rings. The van der Waals surface area contributed by atoms with Gasteiger partial charge < -0.3 is 26.8 Å². The molecule has 0 aliphatic rings. The number of hydrogen-bond donors (Lipinski definition) is 6. The molecule has 34 heavy (non-hydrogen) atoms. The molecule has 2 aromatic heterocycles. The summed E-state index contributed by atoms with van der Waals surface area (Å²) < 4.78 is 0. The van der Waals surface area contributed by atoms with E-state index < -0.39 is 23.8 Å². The molecule has 2 amide bonds. The van der Waals surface area contributed by atoms with Crippen LogP contribution in [0.1, 0.15) is 28.9 Å². The first-order valence-electron chi connectivity index (χ1n) is 10.1. The van der Waals surface area contributed by atoms with Gasteiger partial charge in [0.05, 0.1) is 18.4 Å². The number of aromatic nitrogens is 4. The lowest BCUT2D eigenvalue weighted by Gasteiger charge is -2.19. The minimum absolute atomic E-state index is 0.0176. The molecule has 0 bridgehead atoms. The predicted octanol–water partition coefficient (Wildman–Crippen LogP) is -0.826. The average molecular weight is 468 g/mol. The van der Waals surface area contributed by atoms with Crippen LogP contribution >= 0.6 is 0 Å². The molecule has 0 radical (unpaired) electrons. The van der Waals surface area contributed by atoms with Gasteiger partial charge in [-0.3, -0.25) is 15.0 Å². The van der Waals surface area contributed by atoms with Crippen LogP contribution in [-0.2, 0) is 16.1 Å². The van der Waals surface area contributed by atoms with E-state index in [1.807, 2.05) is 17.4 Å². The molecule has 0 aliphatic heterocycles. The SMILES string of the molecule is CN(Cc1cnc2nc(N)nc(N)c2n1)c1ccc(C(=O)NC(CCC(=O)NN)C(=O)O)cc1. The molecule has 1 atom stereocenters. The van der Waals surface area contributed by atoms with Crippen LogP contribution < -0.4 is 33.0 Å². The molecule has 0 saturated carbocycles. The second-order valence-corrected chi connectivity index (χ2v) is 7.37. The van der Waals surface area contributed by atoms with Crippen molar-refractivity contribution in [3.8, 4) is 0 Å². The molecule has 14 nitrogen and oxygen atoms in total. The number of carbonyl (C=O) groups is 3. The lowest BCUT2D eigenvalue weighted by molar-refractivity contribution is -0.139. The van der Waals surface area contributed by atoms with Crippen molar-refractivity contribution in [1.29, 1.82) is 0 Å². The van der Waals surface area contributed by atoms with E-state index in [0.29, 0.717) is 23.4 Å². The summed E-state index contributed by atoms with van der Waals surface area (Å²) in [6.45, 7) is 0.378. The Kier molecular flexibility index (Phi) is 7.33. The zero-order chi connectivity index (χ0) is 24.8. The standard InChI is InChI=1S/C20H24N10O4/c1-30(9-11-8-24-17-15(25-11)16(21)27-20(22)28-17)12-4-2-10(3-5-12)18(32)26-13(19(33)34)6-7-14(31)29-23/h2-5,8,13H,6-7,9,23H2,1H3,(H,26,32)(H,29,31)(H,33,34)(H4,21,22,24,27,28). The Bertz CT molecular complexity index is 1220. The fourth-order valence-electron chi connectivity index (χ4n) is 3.11. The van der Waals surface area contributed by atoms with Gasteiger partial charge in [0.2, 0.25) is 11.9 Å². The zero-order valence-corrected chi connectivity index (χ0v) is 18.2. The van der Waals surface area contributed by atoms with Crippen molar-refractivity contribution in [2.24, 2.45) is 5.84 Å². The van der Waals surface area contributed by atoms with Crippen molar-refractivity contribution in [3.63, 3.8) is 0 Å². The van der Waals surface area contributed by atoms with Crippen molar-refractivity contribution < 1.29 is 19.5 Å². The van der Waals surface area contributed by atoms with Crippen LogP contribution in [0.4, 0.5) is 17.5 Å². The van der Waals surface area contributed by atoms with Crippen LogP contribution in [0.25, 0.3) is 11.2 Å². The number of fused-ring (bicyclic) bond motifs is 1. The monoisotopic (exact) mass is 468 g/mol. The number of nitrogens with zero attached hydrogens (tertiary/aromatic N) is 5. The summed E-state index contributed by atoms with van der Waals surface area (Å²) in [7, 11) is 1.83. The molecule has 2 heterocycles. The summed E-state index contributed by atoms with van der Waals surface area (Å²) in [5.41, 5.74) is 15.6. The van der Waals surface area contributed by atoms with E-state index in [4.69, 9.17) is 17.3 Å². The number of nitrogens with one attached hydrogen (secondary N) is 2. The second-order valence-electron chi connectivity index (χ2n) is 7.37. The summed E-state index contributed by atoms with van der Waals surface area (Å²) in [6, 6.07) is 5.31. The highest BCUT2D eigenvalue weighted by Crippen LogP contribution is 2.19. The van der Waals surface area contributed by atoms with Gasteiger partial charge in [0.25, 0.3) is 5.91 Å². The third-order valence-electron chi connectivity index (χ3n) is 4.90. The number of amides is 2. The average Bonchev–Trinajstić information content (AvgIpc) is 2.81. The smallest absolute Gasteiger partial charge is 0.326 e. The highest BCUT2D eigenvalue weighted by molar-refractivity contribution is 5.97. The van der Waals surface area contributed by atoms with Gasteiger partial charge in [-0.2, -0.15) is 9.97 Å². The third-order valence-corrected chi connectivity index (χ3v) is 4.90. The number of rotatable bonds is 9. The predicted molar refractivity (Wildman–Crippen MR) is 123 cm³/mol. The highest BCUT2D eigenvalue weighted by atomic mass is 16.4. The van der Waals surface area contributed by atoms with Crippen LogP contribution in [-0.4, -0.2) is 55.9 Å². The Morgan fingerprint density at radius 2 is 1.82 bits per heavy atom. The normalized spacial score (nSPS) is 11.6. The van der Waals surface area contributed by atoms with Gasteiger partial charge in [-0.25, -0.2) is 20.6 Å². The molecular weight excluding hydrogens is 444 g/mol. The first kappa shape index (κ1) is 24.1.